The van der Waals surface area contributed by atoms with E-state index in [1.54, 1.807) is 0 Å². The van der Waals surface area contributed by atoms with Gasteiger partial charge in [0.25, 0.3) is 0 Å². The second-order valence-corrected chi connectivity index (χ2v) is 2.72. The maximum atomic E-state index is 13.1. The fraction of sp³-hybridized carbons (Fsp3) is 0.200. The van der Waals surface area contributed by atoms with Crippen LogP contribution in [0, 0.1) is 5.82 Å². The molecule has 1 rings (SSSR count). The first-order chi connectivity index (χ1) is 7.19. The molecule has 4 nitrogen and oxygen atoms in total. The summed E-state index contributed by atoms with van der Waals surface area (Å²) in [7, 11) is 0. The van der Waals surface area contributed by atoms with E-state index >= 15 is 0 Å². The Morgan fingerprint density at radius 2 is 2.27 bits per heavy atom. The minimum Gasteiger partial charge on any atom is -0.423 e. The average molecular weight is 212 g/mol. The highest BCUT2D eigenvalue weighted by Gasteiger charge is 2.13. The molecular formula is C10H9FO4. The summed E-state index contributed by atoms with van der Waals surface area (Å²) in [4.78, 5) is 21.5. The number of hydrogen-bond acceptors (Lipinski definition) is 4. The predicted octanol–water partition coefficient (Wildman–Crippen LogP) is 0.926. The van der Waals surface area contributed by atoms with Crippen LogP contribution in [-0.4, -0.2) is 24.0 Å². The molecular weight excluding hydrogens is 203 g/mol. The Hall–Kier alpha value is -1.75. The van der Waals surface area contributed by atoms with Gasteiger partial charge in [0.05, 0.1) is 18.6 Å². The van der Waals surface area contributed by atoms with E-state index in [0.29, 0.717) is 6.29 Å². The second kappa shape index (κ2) is 5.21. The summed E-state index contributed by atoms with van der Waals surface area (Å²) >= 11 is 0. The van der Waals surface area contributed by atoms with Crippen molar-refractivity contribution < 1.29 is 23.8 Å². The molecule has 0 aliphatic carbocycles. The molecule has 0 spiro atoms. The van der Waals surface area contributed by atoms with Crippen molar-refractivity contribution in [2.45, 2.75) is 6.42 Å². The van der Waals surface area contributed by atoms with Crippen LogP contribution >= 0.6 is 0 Å². The van der Waals surface area contributed by atoms with Crippen LogP contribution in [0.3, 0.4) is 0 Å². The molecule has 0 heterocycles. The Morgan fingerprint density at radius 1 is 1.53 bits per heavy atom. The van der Waals surface area contributed by atoms with Crippen molar-refractivity contribution in [3.63, 3.8) is 0 Å². The number of ether oxygens (including phenoxy) is 1. The van der Waals surface area contributed by atoms with Crippen LogP contribution in [0.15, 0.2) is 18.2 Å². The first-order valence-corrected chi connectivity index (χ1v) is 4.24. The van der Waals surface area contributed by atoms with Gasteiger partial charge in [0.15, 0.2) is 17.9 Å². The van der Waals surface area contributed by atoms with E-state index in [2.05, 4.69) is 4.74 Å². The number of rotatable bonds is 4. The molecule has 5 heteroatoms. The van der Waals surface area contributed by atoms with Gasteiger partial charge in [0.1, 0.15) is 0 Å². The van der Waals surface area contributed by atoms with Crippen molar-refractivity contribution in [1.82, 2.24) is 0 Å². The quantitative estimate of drug-likeness (QED) is 0.458. The summed E-state index contributed by atoms with van der Waals surface area (Å²) in [6.07, 6.45) is 0.150. The highest BCUT2D eigenvalue weighted by molar-refractivity contribution is 5.82. The summed E-state index contributed by atoms with van der Waals surface area (Å²) < 4.78 is 17.7. The summed E-state index contributed by atoms with van der Waals surface area (Å²) in [6, 6.07) is 3.74. The SMILES string of the molecule is O=Cc1cccc(F)c1OC(=O)CCO. The number of benzene rings is 1. The van der Waals surface area contributed by atoms with Crippen LogP contribution in [-0.2, 0) is 4.79 Å². The molecule has 0 atom stereocenters. The molecule has 80 valence electrons. The number of carbonyl (C=O) groups excluding carboxylic acids is 2. The van der Waals surface area contributed by atoms with E-state index in [4.69, 9.17) is 5.11 Å². The molecule has 0 amide bonds. The zero-order chi connectivity index (χ0) is 11.3. The van der Waals surface area contributed by atoms with E-state index in [1.807, 2.05) is 0 Å². The summed E-state index contributed by atoms with van der Waals surface area (Å²) in [5.74, 6) is -1.97. The molecule has 1 aromatic carbocycles. The van der Waals surface area contributed by atoms with Crippen LogP contribution in [0.2, 0.25) is 0 Å². The van der Waals surface area contributed by atoms with E-state index in [9.17, 15) is 14.0 Å². The molecule has 0 aromatic heterocycles. The third-order valence-corrected chi connectivity index (χ3v) is 1.66. The van der Waals surface area contributed by atoms with E-state index in [1.165, 1.54) is 12.1 Å². The standard InChI is InChI=1S/C10H9FO4/c11-8-3-1-2-7(6-13)10(8)15-9(14)4-5-12/h1-3,6,12H,4-5H2. The Morgan fingerprint density at radius 3 is 2.87 bits per heavy atom. The number of esters is 1. The van der Waals surface area contributed by atoms with Crippen molar-refractivity contribution in [2.24, 2.45) is 0 Å². The molecule has 0 aliphatic heterocycles. The number of hydrogen-bond donors (Lipinski definition) is 1. The van der Waals surface area contributed by atoms with Crippen LogP contribution < -0.4 is 4.74 Å². The number of aldehydes is 1. The fourth-order valence-electron chi connectivity index (χ4n) is 0.982. The highest BCUT2D eigenvalue weighted by Crippen LogP contribution is 2.21. The highest BCUT2D eigenvalue weighted by atomic mass is 19.1. The van der Waals surface area contributed by atoms with Crippen LogP contribution in [0.1, 0.15) is 16.8 Å². The van der Waals surface area contributed by atoms with Crippen molar-refractivity contribution in [1.29, 1.82) is 0 Å². The maximum absolute atomic E-state index is 13.1. The minimum atomic E-state index is -0.786. The van der Waals surface area contributed by atoms with Gasteiger partial charge in [-0.1, -0.05) is 6.07 Å². The van der Waals surface area contributed by atoms with Gasteiger partial charge in [-0.2, -0.15) is 0 Å². The van der Waals surface area contributed by atoms with Gasteiger partial charge < -0.3 is 9.84 Å². The lowest BCUT2D eigenvalue weighted by Crippen LogP contribution is -2.11. The number of halogens is 1. The number of para-hydroxylation sites is 1. The van der Waals surface area contributed by atoms with Gasteiger partial charge in [-0.25, -0.2) is 4.39 Å². The third kappa shape index (κ3) is 2.85. The van der Waals surface area contributed by atoms with Crippen LogP contribution in [0.25, 0.3) is 0 Å². The topological polar surface area (TPSA) is 63.6 Å². The molecule has 0 bridgehead atoms. The zero-order valence-electron chi connectivity index (χ0n) is 7.77. The van der Waals surface area contributed by atoms with Gasteiger partial charge in [0.2, 0.25) is 0 Å². The summed E-state index contributed by atoms with van der Waals surface area (Å²) in [6.45, 7) is -0.385. The van der Waals surface area contributed by atoms with Crippen LogP contribution in [0.5, 0.6) is 5.75 Å². The molecule has 0 saturated heterocycles. The van der Waals surface area contributed by atoms with Crippen LogP contribution in [0.4, 0.5) is 4.39 Å². The van der Waals surface area contributed by atoms with Crippen molar-refractivity contribution in [3.05, 3.63) is 29.6 Å². The molecule has 1 aromatic rings. The summed E-state index contributed by atoms with van der Waals surface area (Å²) in [5, 5.41) is 8.45. The first-order valence-electron chi connectivity index (χ1n) is 4.24. The van der Waals surface area contributed by atoms with E-state index in [-0.39, 0.29) is 18.6 Å². The molecule has 1 N–H and O–H groups in total. The number of aliphatic hydroxyl groups is 1. The Bertz CT molecular complexity index is 376. The predicted molar refractivity (Wildman–Crippen MR) is 49.1 cm³/mol. The monoisotopic (exact) mass is 212 g/mol. The molecule has 0 radical (unpaired) electrons. The Labute approximate surface area is 85.3 Å². The normalized spacial score (nSPS) is 9.73. The minimum absolute atomic E-state index is 0.0405. The van der Waals surface area contributed by atoms with Gasteiger partial charge in [-0.15, -0.1) is 0 Å². The van der Waals surface area contributed by atoms with E-state index in [0.717, 1.165) is 6.07 Å². The van der Waals surface area contributed by atoms with Gasteiger partial charge >= 0.3 is 5.97 Å². The van der Waals surface area contributed by atoms with Crippen molar-refractivity contribution in [2.75, 3.05) is 6.61 Å². The van der Waals surface area contributed by atoms with Crippen molar-refractivity contribution >= 4 is 12.3 Å². The molecule has 0 fully saturated rings. The number of carbonyl (C=O) groups is 2. The lowest BCUT2D eigenvalue weighted by Gasteiger charge is -2.06. The lowest BCUT2D eigenvalue weighted by molar-refractivity contribution is -0.135. The van der Waals surface area contributed by atoms with Gasteiger partial charge in [-0.05, 0) is 12.1 Å². The smallest absolute Gasteiger partial charge is 0.313 e. The Kier molecular flexibility index (Phi) is 3.93. The molecule has 0 unspecified atom stereocenters. The summed E-state index contributed by atoms with van der Waals surface area (Å²) in [5.41, 5.74) is -0.0405. The van der Waals surface area contributed by atoms with Gasteiger partial charge in [-0.3, -0.25) is 9.59 Å². The van der Waals surface area contributed by atoms with Gasteiger partial charge in [0, 0.05) is 0 Å². The molecule has 15 heavy (non-hydrogen) atoms. The van der Waals surface area contributed by atoms with Crippen molar-refractivity contribution in [3.8, 4) is 5.75 Å². The largest absolute Gasteiger partial charge is 0.423 e. The molecule has 0 saturated carbocycles. The molecule has 0 aliphatic rings. The second-order valence-electron chi connectivity index (χ2n) is 2.72. The van der Waals surface area contributed by atoms with E-state index < -0.39 is 17.5 Å². The zero-order valence-corrected chi connectivity index (χ0v) is 7.77. The average Bonchev–Trinajstić information content (AvgIpc) is 2.21. The fourth-order valence-corrected chi connectivity index (χ4v) is 0.982. The Balaban J connectivity index is 2.92. The number of aliphatic hydroxyl groups excluding tert-OH is 1. The third-order valence-electron chi connectivity index (χ3n) is 1.66. The maximum Gasteiger partial charge on any atom is 0.313 e. The first kappa shape index (κ1) is 11.3. The lowest BCUT2D eigenvalue weighted by atomic mass is 10.2.